The Morgan fingerprint density at radius 2 is 2.00 bits per heavy atom. The average Bonchev–Trinajstić information content (AvgIpc) is 3.15. The summed E-state index contributed by atoms with van der Waals surface area (Å²) in [5.41, 5.74) is -0.122. The van der Waals surface area contributed by atoms with Crippen LogP contribution in [-0.2, 0) is 0 Å². The first-order valence-electron chi connectivity index (χ1n) is 5.75. The van der Waals surface area contributed by atoms with Crippen molar-refractivity contribution < 1.29 is 0 Å². The van der Waals surface area contributed by atoms with E-state index in [2.05, 4.69) is 31.2 Å². The van der Waals surface area contributed by atoms with E-state index in [1.807, 2.05) is 0 Å². The zero-order valence-electron chi connectivity index (χ0n) is 8.87. The monoisotopic (exact) mass is 283 g/mol. The summed E-state index contributed by atoms with van der Waals surface area (Å²) in [4.78, 5) is 18.1. The van der Waals surface area contributed by atoms with Crippen molar-refractivity contribution in [1.82, 2.24) is 9.97 Å². The van der Waals surface area contributed by atoms with Crippen molar-refractivity contribution in [2.24, 2.45) is 11.8 Å². The number of rotatable bonds is 4. The van der Waals surface area contributed by atoms with Gasteiger partial charge < -0.3 is 10.3 Å². The van der Waals surface area contributed by atoms with E-state index >= 15 is 0 Å². The predicted octanol–water partition coefficient (Wildman–Crippen LogP) is 2.13. The van der Waals surface area contributed by atoms with E-state index in [1.54, 1.807) is 0 Å². The van der Waals surface area contributed by atoms with Crippen molar-refractivity contribution >= 4 is 21.7 Å². The summed E-state index contributed by atoms with van der Waals surface area (Å²) in [6.07, 6.45) is 6.71. The maximum absolute atomic E-state index is 11.4. The van der Waals surface area contributed by atoms with Gasteiger partial charge in [0.1, 0.15) is 10.3 Å². The van der Waals surface area contributed by atoms with E-state index in [1.165, 1.54) is 32.0 Å². The third-order valence-corrected chi connectivity index (χ3v) is 4.10. The minimum atomic E-state index is -0.122. The maximum Gasteiger partial charge on any atom is 0.267 e. The first kappa shape index (κ1) is 10.3. The highest BCUT2D eigenvalue weighted by Crippen LogP contribution is 2.45. The SMILES string of the molecule is O=c1[nH]cnc(NC(C2CC2)C2CC2)c1Br. The van der Waals surface area contributed by atoms with Crippen LogP contribution in [0.4, 0.5) is 5.82 Å². The molecule has 2 saturated carbocycles. The van der Waals surface area contributed by atoms with Crippen molar-refractivity contribution in [3.63, 3.8) is 0 Å². The summed E-state index contributed by atoms with van der Waals surface area (Å²) in [5.74, 6) is 2.27. The van der Waals surface area contributed by atoms with Gasteiger partial charge in [-0.25, -0.2) is 4.98 Å². The Labute approximate surface area is 102 Å². The number of aromatic nitrogens is 2. The Balaban J connectivity index is 1.81. The van der Waals surface area contributed by atoms with Gasteiger partial charge >= 0.3 is 0 Å². The summed E-state index contributed by atoms with van der Waals surface area (Å²) in [7, 11) is 0. The molecule has 16 heavy (non-hydrogen) atoms. The van der Waals surface area contributed by atoms with E-state index in [-0.39, 0.29) is 5.56 Å². The van der Waals surface area contributed by atoms with Crippen molar-refractivity contribution in [2.75, 3.05) is 5.32 Å². The van der Waals surface area contributed by atoms with Crippen LogP contribution in [0.25, 0.3) is 0 Å². The van der Waals surface area contributed by atoms with Gasteiger partial charge in [-0.15, -0.1) is 0 Å². The third kappa shape index (κ3) is 2.00. The Morgan fingerprint density at radius 3 is 2.56 bits per heavy atom. The number of nitrogens with one attached hydrogen (secondary N) is 2. The standard InChI is InChI=1S/C11H14BrN3O/c12-8-10(13-5-14-11(8)16)15-9(6-1-2-6)7-3-4-7/h5-7,9H,1-4H2,(H2,13,14,15,16). The lowest BCUT2D eigenvalue weighted by molar-refractivity contribution is 0.565. The van der Waals surface area contributed by atoms with Crippen LogP contribution in [0.3, 0.4) is 0 Å². The summed E-state index contributed by atoms with van der Waals surface area (Å²) < 4.78 is 0.515. The number of aromatic amines is 1. The van der Waals surface area contributed by atoms with Crippen molar-refractivity contribution in [1.29, 1.82) is 0 Å². The Kier molecular flexibility index (Phi) is 2.50. The van der Waals surface area contributed by atoms with E-state index in [0.717, 1.165) is 11.8 Å². The van der Waals surface area contributed by atoms with Gasteiger partial charge in [0.25, 0.3) is 5.56 Å². The highest BCUT2D eigenvalue weighted by atomic mass is 79.9. The molecule has 0 atom stereocenters. The molecule has 0 bridgehead atoms. The van der Waals surface area contributed by atoms with Crippen LogP contribution < -0.4 is 10.9 Å². The normalized spacial score (nSPS) is 20.1. The molecule has 1 heterocycles. The maximum atomic E-state index is 11.4. The molecule has 5 heteroatoms. The lowest BCUT2D eigenvalue weighted by Gasteiger charge is -2.18. The molecule has 4 nitrogen and oxygen atoms in total. The van der Waals surface area contributed by atoms with Crippen LogP contribution >= 0.6 is 15.9 Å². The Hall–Kier alpha value is -0.840. The van der Waals surface area contributed by atoms with Crippen LogP contribution in [0.5, 0.6) is 0 Å². The minimum Gasteiger partial charge on any atom is -0.366 e. The average molecular weight is 284 g/mol. The smallest absolute Gasteiger partial charge is 0.267 e. The van der Waals surface area contributed by atoms with Crippen LogP contribution in [0.15, 0.2) is 15.6 Å². The first-order chi connectivity index (χ1) is 7.75. The topological polar surface area (TPSA) is 57.8 Å². The third-order valence-electron chi connectivity index (χ3n) is 3.36. The molecule has 2 N–H and O–H groups in total. The zero-order valence-corrected chi connectivity index (χ0v) is 10.5. The number of hydrogen-bond donors (Lipinski definition) is 2. The molecule has 0 spiro atoms. The highest BCUT2D eigenvalue weighted by molar-refractivity contribution is 9.10. The fourth-order valence-electron chi connectivity index (χ4n) is 2.17. The van der Waals surface area contributed by atoms with E-state index in [9.17, 15) is 4.79 Å². The van der Waals surface area contributed by atoms with Gasteiger partial charge in [-0.2, -0.15) is 0 Å². The predicted molar refractivity (Wildman–Crippen MR) is 65.4 cm³/mol. The van der Waals surface area contributed by atoms with Crippen LogP contribution in [-0.4, -0.2) is 16.0 Å². The molecule has 0 unspecified atom stereocenters. The van der Waals surface area contributed by atoms with Crippen LogP contribution in [0.2, 0.25) is 0 Å². The van der Waals surface area contributed by atoms with Crippen molar-refractivity contribution in [3.05, 3.63) is 21.2 Å². The first-order valence-corrected chi connectivity index (χ1v) is 6.54. The van der Waals surface area contributed by atoms with Crippen LogP contribution in [0.1, 0.15) is 25.7 Å². The second kappa shape index (κ2) is 3.87. The molecular formula is C11H14BrN3O. The molecule has 86 valence electrons. The van der Waals surface area contributed by atoms with Gasteiger partial charge in [0.15, 0.2) is 0 Å². The van der Waals surface area contributed by atoms with Crippen molar-refractivity contribution in [3.8, 4) is 0 Å². The van der Waals surface area contributed by atoms with E-state index in [0.29, 0.717) is 16.3 Å². The van der Waals surface area contributed by atoms with Gasteiger partial charge in [0.05, 0.1) is 6.33 Å². The molecule has 2 fully saturated rings. The second-order valence-corrected chi connectivity index (χ2v) is 5.53. The lowest BCUT2D eigenvalue weighted by atomic mass is 10.1. The molecule has 0 aliphatic heterocycles. The molecule has 1 aromatic heterocycles. The molecule has 0 saturated heterocycles. The molecule has 1 aromatic rings. The van der Waals surface area contributed by atoms with Gasteiger partial charge in [-0.1, -0.05) is 0 Å². The van der Waals surface area contributed by atoms with Crippen LogP contribution in [0, 0.1) is 11.8 Å². The second-order valence-electron chi connectivity index (χ2n) is 4.74. The number of H-pyrrole nitrogens is 1. The summed E-state index contributed by atoms with van der Waals surface area (Å²) in [6, 6.07) is 0.519. The lowest BCUT2D eigenvalue weighted by Crippen LogP contribution is -2.26. The molecule has 0 amide bonds. The Bertz CT molecular complexity index is 439. The fourth-order valence-corrected chi connectivity index (χ4v) is 2.50. The zero-order chi connectivity index (χ0) is 11.1. The van der Waals surface area contributed by atoms with Gasteiger partial charge in [-0.05, 0) is 53.4 Å². The number of halogens is 1. The van der Waals surface area contributed by atoms with E-state index < -0.39 is 0 Å². The quantitative estimate of drug-likeness (QED) is 0.890. The minimum absolute atomic E-state index is 0.122. The van der Waals surface area contributed by atoms with Gasteiger partial charge in [0, 0.05) is 6.04 Å². The van der Waals surface area contributed by atoms with E-state index in [4.69, 9.17) is 0 Å². The van der Waals surface area contributed by atoms with Gasteiger partial charge in [-0.3, -0.25) is 4.79 Å². The molecule has 2 aliphatic rings. The fraction of sp³-hybridized carbons (Fsp3) is 0.636. The van der Waals surface area contributed by atoms with Crippen molar-refractivity contribution in [2.45, 2.75) is 31.7 Å². The van der Waals surface area contributed by atoms with Gasteiger partial charge in [0.2, 0.25) is 0 Å². The summed E-state index contributed by atoms with van der Waals surface area (Å²) >= 11 is 3.28. The number of hydrogen-bond acceptors (Lipinski definition) is 3. The molecular weight excluding hydrogens is 270 g/mol. The summed E-state index contributed by atoms with van der Waals surface area (Å²) in [5, 5.41) is 3.43. The highest BCUT2D eigenvalue weighted by Gasteiger charge is 2.41. The number of nitrogens with zero attached hydrogens (tertiary/aromatic N) is 1. The largest absolute Gasteiger partial charge is 0.366 e. The number of anilines is 1. The molecule has 3 rings (SSSR count). The molecule has 0 aromatic carbocycles. The molecule has 0 radical (unpaired) electrons. The Morgan fingerprint density at radius 1 is 1.38 bits per heavy atom. The molecule has 2 aliphatic carbocycles. The summed E-state index contributed by atoms with van der Waals surface area (Å²) in [6.45, 7) is 0.